The molecule has 1 aromatic rings. The predicted molar refractivity (Wildman–Crippen MR) is 101 cm³/mol. The molecular weight excluding hydrogens is 358 g/mol. The van der Waals surface area contributed by atoms with E-state index >= 15 is 0 Å². The fourth-order valence-electron chi connectivity index (χ4n) is 3.70. The fourth-order valence-corrected chi connectivity index (χ4v) is 3.70. The van der Waals surface area contributed by atoms with Crippen molar-refractivity contribution in [3.63, 3.8) is 0 Å². The van der Waals surface area contributed by atoms with Crippen LogP contribution >= 0.6 is 0 Å². The lowest BCUT2D eigenvalue weighted by Gasteiger charge is -2.40. The number of nitriles is 1. The lowest BCUT2D eigenvalue weighted by atomic mass is 10.1. The largest absolute Gasteiger partial charge is 0.366 e. The fraction of sp³-hybridized carbons (Fsp3) is 0.368. The maximum atomic E-state index is 13.0. The average Bonchev–Trinajstić information content (AvgIpc) is 3.12. The highest BCUT2D eigenvalue weighted by atomic mass is 16.2. The monoisotopic (exact) mass is 379 g/mol. The Kier molecular flexibility index (Phi) is 4.61. The molecule has 3 N–H and O–H groups in total. The summed E-state index contributed by atoms with van der Waals surface area (Å²) in [6.45, 7) is 3.22. The smallest absolute Gasteiger partial charge is 0.328 e. The summed E-state index contributed by atoms with van der Waals surface area (Å²) in [5.74, 6) is 0.767. The highest BCUT2D eigenvalue weighted by Crippen LogP contribution is 2.33. The van der Waals surface area contributed by atoms with Gasteiger partial charge in [0, 0.05) is 19.3 Å². The van der Waals surface area contributed by atoms with Crippen LogP contribution in [0.2, 0.25) is 0 Å². The number of aromatic nitrogens is 1. The molecule has 1 saturated heterocycles. The highest BCUT2D eigenvalue weighted by molar-refractivity contribution is 5.91. The molecule has 9 heteroatoms. The van der Waals surface area contributed by atoms with Gasteiger partial charge in [0.05, 0.1) is 17.8 Å². The van der Waals surface area contributed by atoms with Gasteiger partial charge < -0.3 is 15.5 Å². The molecule has 2 bridgehead atoms. The van der Waals surface area contributed by atoms with E-state index < -0.39 is 12.1 Å². The van der Waals surface area contributed by atoms with Crippen LogP contribution in [0, 0.1) is 11.3 Å². The second-order valence-electron chi connectivity index (χ2n) is 6.98. The van der Waals surface area contributed by atoms with Gasteiger partial charge in [0.2, 0.25) is 5.91 Å². The van der Waals surface area contributed by atoms with Crippen LogP contribution in [-0.4, -0.2) is 57.9 Å². The maximum absolute atomic E-state index is 13.0. The van der Waals surface area contributed by atoms with E-state index in [9.17, 15) is 9.59 Å². The third kappa shape index (κ3) is 3.24. The summed E-state index contributed by atoms with van der Waals surface area (Å²) in [4.78, 5) is 33.5. The predicted octanol–water partition coefficient (Wildman–Crippen LogP) is 0.729. The number of allylic oxidation sites excluding steroid dienone is 1. The molecule has 0 saturated carbocycles. The summed E-state index contributed by atoms with van der Waals surface area (Å²) in [5, 5.41) is 17.6. The first kappa shape index (κ1) is 17.9. The number of anilines is 1. The number of carbonyl (C=O) groups excluding carboxylic acids is 2. The van der Waals surface area contributed by atoms with Crippen LogP contribution in [0.1, 0.15) is 13.3 Å². The molecule has 3 aliphatic rings. The second-order valence-corrected chi connectivity index (χ2v) is 6.98. The molecule has 9 nitrogen and oxygen atoms in total. The van der Waals surface area contributed by atoms with Gasteiger partial charge in [0.15, 0.2) is 0 Å². The van der Waals surface area contributed by atoms with Gasteiger partial charge in [-0.25, -0.2) is 9.78 Å². The zero-order valence-electron chi connectivity index (χ0n) is 15.4. The van der Waals surface area contributed by atoms with Crippen LogP contribution in [0.4, 0.5) is 10.6 Å². The minimum Gasteiger partial charge on any atom is -0.366 e. The molecule has 0 spiro atoms. The molecule has 0 aliphatic carbocycles. The Morgan fingerprint density at radius 3 is 3.04 bits per heavy atom. The molecule has 28 heavy (non-hydrogen) atoms. The van der Waals surface area contributed by atoms with Gasteiger partial charge in [-0.15, -0.1) is 0 Å². The Hall–Kier alpha value is -3.54. The molecule has 3 amide bonds. The van der Waals surface area contributed by atoms with Crippen molar-refractivity contribution in [1.29, 1.82) is 5.26 Å². The van der Waals surface area contributed by atoms with Crippen molar-refractivity contribution in [2.24, 2.45) is 0 Å². The van der Waals surface area contributed by atoms with Gasteiger partial charge in [0.25, 0.3) is 0 Å². The lowest BCUT2D eigenvalue weighted by Crippen LogP contribution is -2.56. The summed E-state index contributed by atoms with van der Waals surface area (Å²) >= 11 is 0. The molecular formula is C19H21N7O2. The Bertz CT molecular complexity index is 889. The summed E-state index contributed by atoms with van der Waals surface area (Å²) in [6, 6.07) is 5.79. The van der Waals surface area contributed by atoms with Crippen LogP contribution in [0.15, 0.2) is 48.1 Å². The van der Waals surface area contributed by atoms with Gasteiger partial charge in [0.1, 0.15) is 23.7 Å². The Morgan fingerprint density at radius 1 is 1.43 bits per heavy atom. The summed E-state index contributed by atoms with van der Waals surface area (Å²) in [6.07, 6.45) is 6.09. The Morgan fingerprint density at radius 2 is 2.29 bits per heavy atom. The normalized spacial score (nSPS) is 23.4. The molecule has 3 aliphatic heterocycles. The minimum absolute atomic E-state index is 0.0169. The number of hydrogen-bond acceptors (Lipinski definition) is 6. The van der Waals surface area contributed by atoms with Crippen LogP contribution in [0.3, 0.4) is 0 Å². The van der Waals surface area contributed by atoms with E-state index in [0.29, 0.717) is 11.6 Å². The maximum Gasteiger partial charge on any atom is 0.328 e. The first-order valence-corrected chi connectivity index (χ1v) is 9.22. The molecule has 0 radical (unpaired) electrons. The van der Waals surface area contributed by atoms with E-state index in [1.807, 2.05) is 12.1 Å². The van der Waals surface area contributed by atoms with Crippen molar-refractivity contribution >= 4 is 17.8 Å². The number of fused-ring (bicyclic) bond motifs is 3. The number of nitrogens with zero attached hydrogens (tertiary/aromatic N) is 4. The molecule has 144 valence electrons. The van der Waals surface area contributed by atoms with Crippen LogP contribution in [0.5, 0.6) is 0 Å². The van der Waals surface area contributed by atoms with Crippen molar-refractivity contribution in [1.82, 2.24) is 25.4 Å². The molecule has 4 heterocycles. The van der Waals surface area contributed by atoms with Crippen LogP contribution in [0.25, 0.3) is 0 Å². The minimum atomic E-state index is -0.654. The first-order valence-electron chi connectivity index (χ1n) is 9.22. The zero-order chi connectivity index (χ0) is 19.7. The number of hydrogen-bond donors (Lipinski definition) is 3. The number of amides is 3. The van der Waals surface area contributed by atoms with Gasteiger partial charge in [-0.3, -0.25) is 15.0 Å². The van der Waals surface area contributed by atoms with E-state index in [2.05, 4.69) is 25.8 Å². The summed E-state index contributed by atoms with van der Waals surface area (Å²) in [5.41, 5.74) is 0.891. The topological polar surface area (TPSA) is 113 Å². The Balaban J connectivity index is 1.57. The van der Waals surface area contributed by atoms with Crippen molar-refractivity contribution in [2.75, 3.05) is 18.4 Å². The van der Waals surface area contributed by atoms with Crippen LogP contribution < -0.4 is 16.0 Å². The summed E-state index contributed by atoms with van der Waals surface area (Å²) in [7, 11) is 0. The van der Waals surface area contributed by atoms with Gasteiger partial charge >= 0.3 is 6.03 Å². The van der Waals surface area contributed by atoms with Gasteiger partial charge in [-0.05, 0) is 31.6 Å². The van der Waals surface area contributed by atoms with E-state index in [0.717, 1.165) is 25.2 Å². The standard InChI is InChI=1S/C19H21N7O2/c1-12(10-20)22-18(27)14-5-6-15-17(23-14)26(13-7-9-25(15)11-13)19(28)24-16-4-2-3-8-21-16/h2-6,8,12-14,23H,7,9,11H2,1H3,(H,22,27)(H,21,24,28)/t12?,13-,14?/m0/s1. The quantitative estimate of drug-likeness (QED) is 0.714. The van der Waals surface area contributed by atoms with Gasteiger partial charge in [-0.2, -0.15) is 5.26 Å². The average molecular weight is 379 g/mol. The van der Waals surface area contributed by atoms with Crippen molar-refractivity contribution < 1.29 is 9.59 Å². The number of urea groups is 1. The van der Waals surface area contributed by atoms with Crippen molar-refractivity contribution in [3.05, 3.63) is 48.1 Å². The molecule has 1 fully saturated rings. The highest BCUT2D eigenvalue weighted by Gasteiger charge is 2.42. The van der Waals surface area contributed by atoms with Gasteiger partial charge in [-0.1, -0.05) is 12.1 Å². The number of pyridine rings is 1. The van der Waals surface area contributed by atoms with E-state index in [1.165, 1.54) is 0 Å². The number of nitrogens with one attached hydrogen (secondary N) is 3. The zero-order valence-corrected chi connectivity index (χ0v) is 15.4. The number of dihydropyridines is 1. The molecule has 4 rings (SSSR count). The Labute approximate surface area is 162 Å². The van der Waals surface area contributed by atoms with Crippen molar-refractivity contribution in [3.8, 4) is 6.07 Å². The lowest BCUT2D eigenvalue weighted by molar-refractivity contribution is -0.122. The summed E-state index contributed by atoms with van der Waals surface area (Å²) < 4.78 is 0. The molecule has 1 aromatic heterocycles. The third-order valence-electron chi connectivity index (χ3n) is 5.05. The van der Waals surface area contributed by atoms with E-state index in [1.54, 1.807) is 42.3 Å². The molecule has 3 atom stereocenters. The SMILES string of the molecule is CC(C#N)NC(=O)C1C=CC2=C(N1)N(C(=O)Nc1ccccn1)[C@H]1CCN2C1. The van der Waals surface area contributed by atoms with E-state index in [4.69, 9.17) is 5.26 Å². The van der Waals surface area contributed by atoms with Crippen LogP contribution in [-0.2, 0) is 4.79 Å². The molecule has 2 unspecified atom stereocenters. The first-order chi connectivity index (χ1) is 13.6. The van der Waals surface area contributed by atoms with E-state index in [-0.39, 0.29) is 18.0 Å². The number of rotatable bonds is 3. The number of carbonyl (C=O) groups is 2. The second kappa shape index (κ2) is 7.23. The molecule has 0 aromatic carbocycles. The van der Waals surface area contributed by atoms with Crippen molar-refractivity contribution in [2.45, 2.75) is 31.5 Å². The third-order valence-corrected chi connectivity index (χ3v) is 5.05.